The number of piperidine rings is 1. The van der Waals surface area contributed by atoms with Gasteiger partial charge in [-0.15, -0.1) is 0 Å². The molecule has 1 aromatic rings. The van der Waals surface area contributed by atoms with Gasteiger partial charge in [0.25, 0.3) is 0 Å². The molecule has 1 saturated heterocycles. The van der Waals surface area contributed by atoms with Crippen LogP contribution in [0.4, 0.5) is 0 Å². The minimum Gasteiger partial charge on any atom is -0.369 e. The third kappa shape index (κ3) is 3.64. The van der Waals surface area contributed by atoms with Crippen molar-refractivity contribution in [1.29, 1.82) is 0 Å². The molecule has 0 spiro atoms. The average molecular weight is 315 g/mol. The number of hydrogen-bond acceptors (Lipinski definition) is 2. The Kier molecular flexibility index (Phi) is 4.89. The van der Waals surface area contributed by atoms with E-state index in [2.05, 4.69) is 0 Å². The summed E-state index contributed by atoms with van der Waals surface area (Å²) in [6.07, 6.45) is 1.52. The van der Waals surface area contributed by atoms with Crippen molar-refractivity contribution < 1.29 is 9.59 Å². The zero-order chi connectivity index (χ0) is 14.7. The maximum Gasteiger partial charge on any atom is 0.227 e. The van der Waals surface area contributed by atoms with E-state index < -0.39 is 0 Å². The molecule has 0 aliphatic carbocycles. The number of nitrogens with zero attached hydrogens (tertiary/aromatic N) is 1. The van der Waals surface area contributed by atoms with Gasteiger partial charge >= 0.3 is 0 Å². The van der Waals surface area contributed by atoms with E-state index in [4.69, 9.17) is 28.9 Å². The fourth-order valence-electron chi connectivity index (χ4n) is 2.35. The van der Waals surface area contributed by atoms with Crippen LogP contribution in [0, 0.1) is 5.92 Å². The van der Waals surface area contributed by atoms with Crippen molar-refractivity contribution in [2.75, 3.05) is 13.1 Å². The first kappa shape index (κ1) is 15.1. The van der Waals surface area contributed by atoms with Gasteiger partial charge in [-0.05, 0) is 30.5 Å². The summed E-state index contributed by atoms with van der Waals surface area (Å²) in [5.41, 5.74) is 6.04. The summed E-state index contributed by atoms with van der Waals surface area (Å²) in [5, 5.41) is 1.05. The molecule has 0 atom stereocenters. The number of benzene rings is 1. The molecule has 1 aliphatic heterocycles. The molecule has 4 nitrogen and oxygen atoms in total. The van der Waals surface area contributed by atoms with Gasteiger partial charge in [0, 0.05) is 29.1 Å². The SMILES string of the molecule is NC(=O)C1CCN(C(=O)Cc2ccc(Cl)cc2Cl)CC1. The first-order valence-corrected chi connectivity index (χ1v) is 7.24. The van der Waals surface area contributed by atoms with Crippen molar-refractivity contribution in [3.63, 3.8) is 0 Å². The molecule has 1 aromatic carbocycles. The van der Waals surface area contributed by atoms with E-state index in [1.807, 2.05) is 0 Å². The molecule has 0 saturated carbocycles. The van der Waals surface area contributed by atoms with Crippen molar-refractivity contribution in [1.82, 2.24) is 4.90 Å². The third-order valence-corrected chi connectivity index (χ3v) is 4.19. The number of rotatable bonds is 3. The molecule has 6 heteroatoms. The summed E-state index contributed by atoms with van der Waals surface area (Å²) < 4.78 is 0. The normalized spacial score (nSPS) is 16.2. The first-order valence-electron chi connectivity index (χ1n) is 6.48. The van der Waals surface area contributed by atoms with Crippen LogP contribution in [-0.4, -0.2) is 29.8 Å². The highest BCUT2D eigenvalue weighted by atomic mass is 35.5. The Bertz CT molecular complexity index is 526. The minimum absolute atomic E-state index is 0.0112. The summed E-state index contributed by atoms with van der Waals surface area (Å²) in [7, 11) is 0. The van der Waals surface area contributed by atoms with E-state index in [0.29, 0.717) is 36.0 Å². The molecule has 0 radical (unpaired) electrons. The second kappa shape index (κ2) is 6.46. The van der Waals surface area contributed by atoms with Gasteiger partial charge in [0.2, 0.25) is 11.8 Å². The first-order chi connectivity index (χ1) is 9.47. The number of likely N-dealkylation sites (tertiary alicyclic amines) is 1. The lowest BCUT2D eigenvalue weighted by Crippen LogP contribution is -2.42. The minimum atomic E-state index is -0.280. The van der Waals surface area contributed by atoms with Crippen LogP contribution < -0.4 is 5.73 Å². The average Bonchev–Trinajstić information content (AvgIpc) is 2.42. The predicted octanol–water partition coefficient (Wildman–Crippen LogP) is 2.26. The lowest BCUT2D eigenvalue weighted by molar-refractivity contribution is -0.134. The third-order valence-electron chi connectivity index (χ3n) is 3.61. The van der Waals surface area contributed by atoms with Crippen molar-refractivity contribution in [2.45, 2.75) is 19.3 Å². The lowest BCUT2D eigenvalue weighted by atomic mass is 9.96. The van der Waals surface area contributed by atoms with Gasteiger partial charge in [-0.3, -0.25) is 9.59 Å². The maximum absolute atomic E-state index is 12.2. The fraction of sp³-hybridized carbons (Fsp3) is 0.429. The van der Waals surface area contributed by atoms with E-state index in [9.17, 15) is 9.59 Å². The van der Waals surface area contributed by atoms with Crippen LogP contribution in [0.1, 0.15) is 18.4 Å². The molecule has 1 heterocycles. The highest BCUT2D eigenvalue weighted by Crippen LogP contribution is 2.23. The van der Waals surface area contributed by atoms with E-state index in [-0.39, 0.29) is 24.2 Å². The van der Waals surface area contributed by atoms with Gasteiger partial charge in [0.1, 0.15) is 0 Å². The Balaban J connectivity index is 1.94. The topological polar surface area (TPSA) is 63.4 Å². The molecule has 2 N–H and O–H groups in total. The summed E-state index contributed by atoms with van der Waals surface area (Å²) in [5.74, 6) is -0.381. The van der Waals surface area contributed by atoms with Gasteiger partial charge in [0.15, 0.2) is 0 Å². The summed E-state index contributed by atoms with van der Waals surface area (Å²) in [6.45, 7) is 1.13. The van der Waals surface area contributed by atoms with E-state index in [1.54, 1.807) is 23.1 Å². The van der Waals surface area contributed by atoms with Gasteiger partial charge < -0.3 is 10.6 Å². The largest absolute Gasteiger partial charge is 0.369 e. The number of nitrogens with two attached hydrogens (primary N) is 1. The monoisotopic (exact) mass is 314 g/mol. The highest BCUT2D eigenvalue weighted by molar-refractivity contribution is 6.35. The number of carbonyl (C=O) groups is 2. The van der Waals surface area contributed by atoms with E-state index in [1.165, 1.54) is 0 Å². The zero-order valence-corrected chi connectivity index (χ0v) is 12.5. The van der Waals surface area contributed by atoms with Crippen molar-refractivity contribution in [3.8, 4) is 0 Å². The molecule has 0 bridgehead atoms. The van der Waals surface area contributed by atoms with Crippen LogP contribution in [-0.2, 0) is 16.0 Å². The van der Waals surface area contributed by atoms with Crippen molar-refractivity contribution >= 4 is 35.0 Å². The Morgan fingerprint density at radius 2 is 1.90 bits per heavy atom. The van der Waals surface area contributed by atoms with Crippen molar-refractivity contribution in [3.05, 3.63) is 33.8 Å². The van der Waals surface area contributed by atoms with Crippen LogP contribution >= 0.6 is 23.2 Å². The summed E-state index contributed by atoms with van der Waals surface area (Å²) >= 11 is 11.9. The Morgan fingerprint density at radius 1 is 1.25 bits per heavy atom. The van der Waals surface area contributed by atoms with Gasteiger partial charge in [-0.25, -0.2) is 0 Å². The Labute approximate surface area is 127 Å². The van der Waals surface area contributed by atoms with E-state index >= 15 is 0 Å². The number of hydrogen-bond donors (Lipinski definition) is 1. The quantitative estimate of drug-likeness (QED) is 0.930. The van der Waals surface area contributed by atoms with Crippen molar-refractivity contribution in [2.24, 2.45) is 11.7 Å². The van der Waals surface area contributed by atoms with Crippen LogP contribution in [0.2, 0.25) is 10.0 Å². The summed E-state index contributed by atoms with van der Waals surface area (Å²) in [6, 6.07) is 5.11. The smallest absolute Gasteiger partial charge is 0.227 e. The number of halogens is 2. The molecular formula is C14H16Cl2N2O2. The molecule has 0 unspecified atom stereocenters. The number of amides is 2. The zero-order valence-electron chi connectivity index (χ0n) is 10.9. The molecule has 0 aromatic heterocycles. The molecule has 2 rings (SSSR count). The predicted molar refractivity (Wildman–Crippen MR) is 78.7 cm³/mol. The molecule has 1 aliphatic rings. The fourth-order valence-corrected chi connectivity index (χ4v) is 2.83. The highest BCUT2D eigenvalue weighted by Gasteiger charge is 2.26. The molecule has 1 fully saturated rings. The van der Waals surface area contributed by atoms with Crippen LogP contribution in [0.3, 0.4) is 0 Å². The van der Waals surface area contributed by atoms with Gasteiger partial charge in [-0.1, -0.05) is 29.3 Å². The summed E-state index contributed by atoms with van der Waals surface area (Å²) in [4.78, 5) is 25.0. The number of carbonyl (C=O) groups excluding carboxylic acids is 2. The Morgan fingerprint density at radius 3 is 2.45 bits per heavy atom. The molecule has 20 heavy (non-hydrogen) atoms. The standard InChI is InChI=1S/C14H16Cl2N2O2/c15-11-2-1-10(12(16)8-11)7-13(19)18-5-3-9(4-6-18)14(17)20/h1-2,8-9H,3-7H2,(H2,17,20). The van der Waals surface area contributed by atoms with Gasteiger partial charge in [0.05, 0.1) is 6.42 Å². The van der Waals surface area contributed by atoms with Gasteiger partial charge in [-0.2, -0.15) is 0 Å². The van der Waals surface area contributed by atoms with Crippen LogP contribution in [0.15, 0.2) is 18.2 Å². The molecule has 2 amide bonds. The Hall–Kier alpha value is -1.26. The molecular weight excluding hydrogens is 299 g/mol. The lowest BCUT2D eigenvalue weighted by Gasteiger charge is -2.30. The number of primary amides is 1. The van der Waals surface area contributed by atoms with Crippen LogP contribution in [0.5, 0.6) is 0 Å². The maximum atomic E-state index is 12.2. The second-order valence-electron chi connectivity index (χ2n) is 4.97. The van der Waals surface area contributed by atoms with E-state index in [0.717, 1.165) is 5.56 Å². The molecule has 108 valence electrons. The van der Waals surface area contributed by atoms with Crippen LogP contribution in [0.25, 0.3) is 0 Å². The second-order valence-corrected chi connectivity index (χ2v) is 5.81.